The van der Waals surface area contributed by atoms with Crippen LogP contribution in [0.15, 0.2) is 24.3 Å². The highest BCUT2D eigenvalue weighted by molar-refractivity contribution is 7.80. The number of amides is 1. The van der Waals surface area contributed by atoms with Crippen molar-refractivity contribution in [3.05, 3.63) is 29.8 Å². The number of carbonyl (C=O) groups is 1. The molecule has 0 spiro atoms. The second kappa shape index (κ2) is 6.95. The molecule has 0 aliphatic rings. The Morgan fingerprint density at radius 3 is 2.82 bits per heavy atom. The van der Waals surface area contributed by atoms with E-state index in [-0.39, 0.29) is 30.7 Å². The fourth-order valence-corrected chi connectivity index (χ4v) is 1.40. The van der Waals surface area contributed by atoms with E-state index in [1.807, 2.05) is 0 Å². The number of nitrogens with two attached hydrogens (primary N) is 1. The number of rotatable bonds is 6. The molecule has 5 nitrogen and oxygen atoms in total. The molecule has 0 radical (unpaired) electrons. The maximum Gasteiger partial charge on any atom is 0.250 e. The molecule has 1 rings (SSSR count). The molecule has 0 unspecified atom stereocenters. The SMILES string of the molecule is NC(=S)c1ccccc1NC(=O)COCCO. The number of para-hydroxylation sites is 1. The minimum atomic E-state index is -0.317. The topological polar surface area (TPSA) is 84.6 Å². The van der Waals surface area contributed by atoms with Gasteiger partial charge in [-0.3, -0.25) is 4.79 Å². The molecule has 1 aromatic rings. The molecular weight excluding hydrogens is 240 g/mol. The summed E-state index contributed by atoms with van der Waals surface area (Å²) in [5, 5.41) is 11.1. The van der Waals surface area contributed by atoms with E-state index >= 15 is 0 Å². The van der Waals surface area contributed by atoms with Gasteiger partial charge in [-0.05, 0) is 12.1 Å². The number of anilines is 1. The van der Waals surface area contributed by atoms with Crippen LogP contribution in [0.1, 0.15) is 5.56 Å². The quantitative estimate of drug-likeness (QED) is 0.501. The van der Waals surface area contributed by atoms with E-state index in [0.29, 0.717) is 11.3 Å². The summed E-state index contributed by atoms with van der Waals surface area (Å²) < 4.78 is 4.89. The van der Waals surface area contributed by atoms with Crippen LogP contribution in [-0.2, 0) is 9.53 Å². The van der Waals surface area contributed by atoms with Gasteiger partial charge < -0.3 is 20.9 Å². The lowest BCUT2D eigenvalue weighted by atomic mass is 10.2. The standard InChI is InChI=1S/C11H14N2O3S/c12-11(17)8-3-1-2-4-9(8)13-10(15)7-16-6-5-14/h1-4,14H,5-7H2,(H2,12,17)(H,13,15). The van der Waals surface area contributed by atoms with Crippen LogP contribution >= 0.6 is 12.2 Å². The van der Waals surface area contributed by atoms with Crippen molar-refractivity contribution in [2.45, 2.75) is 0 Å². The lowest BCUT2D eigenvalue weighted by molar-refractivity contribution is -0.120. The van der Waals surface area contributed by atoms with E-state index in [0.717, 1.165) is 0 Å². The van der Waals surface area contributed by atoms with E-state index in [9.17, 15) is 4.79 Å². The van der Waals surface area contributed by atoms with Gasteiger partial charge >= 0.3 is 0 Å². The monoisotopic (exact) mass is 254 g/mol. The highest BCUT2D eigenvalue weighted by Crippen LogP contribution is 2.14. The summed E-state index contributed by atoms with van der Waals surface area (Å²) in [4.78, 5) is 11.7. The number of aliphatic hydroxyl groups excluding tert-OH is 1. The molecule has 92 valence electrons. The third-order valence-corrected chi connectivity index (χ3v) is 2.16. The Kier molecular flexibility index (Phi) is 5.55. The summed E-state index contributed by atoms with van der Waals surface area (Å²) in [7, 11) is 0. The van der Waals surface area contributed by atoms with E-state index in [1.54, 1.807) is 24.3 Å². The van der Waals surface area contributed by atoms with Crippen LogP contribution in [0, 0.1) is 0 Å². The van der Waals surface area contributed by atoms with Crippen molar-refractivity contribution < 1.29 is 14.6 Å². The van der Waals surface area contributed by atoms with E-state index in [1.165, 1.54) is 0 Å². The summed E-state index contributed by atoms with van der Waals surface area (Å²) in [5.74, 6) is -0.317. The van der Waals surface area contributed by atoms with Crippen molar-refractivity contribution in [1.29, 1.82) is 0 Å². The molecule has 0 bridgehead atoms. The maximum absolute atomic E-state index is 11.5. The van der Waals surface area contributed by atoms with Crippen LogP contribution in [0.25, 0.3) is 0 Å². The fourth-order valence-electron chi connectivity index (χ4n) is 1.22. The Morgan fingerprint density at radius 1 is 1.47 bits per heavy atom. The van der Waals surface area contributed by atoms with E-state index < -0.39 is 0 Å². The van der Waals surface area contributed by atoms with Gasteiger partial charge in [0, 0.05) is 5.56 Å². The molecule has 0 aliphatic heterocycles. The van der Waals surface area contributed by atoms with Gasteiger partial charge in [0.25, 0.3) is 0 Å². The molecule has 0 fully saturated rings. The lowest BCUT2D eigenvalue weighted by Crippen LogP contribution is -2.21. The second-order valence-corrected chi connectivity index (χ2v) is 3.67. The minimum Gasteiger partial charge on any atom is -0.394 e. The second-order valence-electron chi connectivity index (χ2n) is 3.23. The van der Waals surface area contributed by atoms with Crippen LogP contribution in [-0.4, -0.2) is 35.8 Å². The predicted molar refractivity (Wildman–Crippen MR) is 68.9 cm³/mol. The Hall–Kier alpha value is -1.50. The van der Waals surface area contributed by atoms with Crippen LogP contribution in [0.2, 0.25) is 0 Å². The molecule has 6 heteroatoms. The zero-order valence-corrected chi connectivity index (χ0v) is 10.00. The fraction of sp³-hybridized carbons (Fsp3) is 0.273. The maximum atomic E-state index is 11.5. The Balaban J connectivity index is 2.61. The summed E-state index contributed by atoms with van der Waals surface area (Å²) in [6, 6.07) is 6.99. The summed E-state index contributed by atoms with van der Waals surface area (Å²) >= 11 is 4.87. The van der Waals surface area contributed by atoms with Gasteiger partial charge in [0.2, 0.25) is 5.91 Å². The molecule has 0 heterocycles. The van der Waals surface area contributed by atoms with Crippen molar-refractivity contribution in [3.63, 3.8) is 0 Å². The molecule has 4 N–H and O–H groups in total. The third-order valence-electron chi connectivity index (χ3n) is 1.94. The Bertz CT molecular complexity index is 409. The molecule has 0 aliphatic carbocycles. The number of benzene rings is 1. The third kappa shape index (κ3) is 4.48. The van der Waals surface area contributed by atoms with Crippen molar-refractivity contribution in [3.8, 4) is 0 Å². The van der Waals surface area contributed by atoms with E-state index in [4.69, 9.17) is 27.8 Å². The lowest BCUT2D eigenvalue weighted by Gasteiger charge is -2.09. The van der Waals surface area contributed by atoms with Gasteiger partial charge in [-0.15, -0.1) is 0 Å². The van der Waals surface area contributed by atoms with Gasteiger partial charge in [-0.2, -0.15) is 0 Å². The number of hydrogen-bond donors (Lipinski definition) is 3. The first-order valence-corrected chi connectivity index (χ1v) is 5.43. The van der Waals surface area contributed by atoms with Gasteiger partial charge in [0.05, 0.1) is 18.9 Å². The molecular formula is C11H14N2O3S. The summed E-state index contributed by atoms with van der Waals surface area (Å²) in [6.45, 7) is -0.104. The number of thiocarbonyl (C=S) groups is 1. The summed E-state index contributed by atoms with van der Waals surface area (Å²) in [5.41, 5.74) is 6.69. The average molecular weight is 254 g/mol. The zero-order chi connectivity index (χ0) is 12.7. The first-order valence-electron chi connectivity index (χ1n) is 5.02. The van der Waals surface area contributed by atoms with Crippen LogP contribution in [0.3, 0.4) is 0 Å². The molecule has 1 amide bonds. The van der Waals surface area contributed by atoms with Gasteiger partial charge in [-0.25, -0.2) is 0 Å². The number of aliphatic hydroxyl groups is 1. The van der Waals surface area contributed by atoms with Crippen LogP contribution in [0.5, 0.6) is 0 Å². The largest absolute Gasteiger partial charge is 0.394 e. The molecule has 0 saturated carbocycles. The normalized spacial score (nSPS) is 9.94. The molecule has 1 aromatic carbocycles. The Labute approximate surface area is 105 Å². The highest BCUT2D eigenvalue weighted by atomic mass is 32.1. The smallest absolute Gasteiger partial charge is 0.250 e. The number of hydrogen-bond acceptors (Lipinski definition) is 4. The first-order chi connectivity index (χ1) is 8.15. The summed E-state index contributed by atoms with van der Waals surface area (Å²) in [6.07, 6.45) is 0. The van der Waals surface area contributed by atoms with E-state index in [2.05, 4.69) is 5.32 Å². The van der Waals surface area contributed by atoms with Crippen molar-refractivity contribution in [2.24, 2.45) is 5.73 Å². The highest BCUT2D eigenvalue weighted by Gasteiger charge is 2.07. The average Bonchev–Trinajstić information content (AvgIpc) is 2.29. The van der Waals surface area contributed by atoms with Crippen LogP contribution in [0.4, 0.5) is 5.69 Å². The molecule has 0 atom stereocenters. The van der Waals surface area contributed by atoms with Gasteiger partial charge in [0.1, 0.15) is 11.6 Å². The van der Waals surface area contributed by atoms with Crippen LogP contribution < -0.4 is 11.1 Å². The minimum absolute atomic E-state index is 0.114. The predicted octanol–water partition coefficient (Wildman–Crippen LogP) is 0.268. The van der Waals surface area contributed by atoms with Crippen molar-refractivity contribution in [1.82, 2.24) is 0 Å². The molecule has 0 aromatic heterocycles. The number of ether oxygens (including phenoxy) is 1. The Morgan fingerprint density at radius 2 is 2.18 bits per heavy atom. The van der Waals surface area contributed by atoms with Gasteiger partial charge in [0.15, 0.2) is 0 Å². The first kappa shape index (κ1) is 13.6. The number of nitrogens with one attached hydrogen (secondary N) is 1. The van der Waals surface area contributed by atoms with Gasteiger partial charge in [-0.1, -0.05) is 24.4 Å². The van der Waals surface area contributed by atoms with Crippen molar-refractivity contribution in [2.75, 3.05) is 25.1 Å². The number of carbonyl (C=O) groups excluding carboxylic acids is 1. The zero-order valence-electron chi connectivity index (χ0n) is 9.18. The van der Waals surface area contributed by atoms with Crippen molar-refractivity contribution >= 4 is 28.8 Å². The molecule has 17 heavy (non-hydrogen) atoms. The molecule has 0 saturated heterocycles.